The van der Waals surface area contributed by atoms with Crippen molar-refractivity contribution in [2.24, 2.45) is 0 Å². The highest BCUT2D eigenvalue weighted by Crippen LogP contribution is 2.24. The summed E-state index contributed by atoms with van der Waals surface area (Å²) in [6.45, 7) is 1.96. The van der Waals surface area contributed by atoms with E-state index in [1.807, 2.05) is 6.92 Å². The second-order valence-electron chi connectivity index (χ2n) is 3.39. The predicted octanol–water partition coefficient (Wildman–Crippen LogP) is 2.90. The van der Waals surface area contributed by atoms with E-state index in [0.717, 1.165) is 6.42 Å². The molecule has 16 heavy (non-hydrogen) atoms. The topological polar surface area (TPSA) is 43.4 Å². The van der Waals surface area contributed by atoms with Gasteiger partial charge in [0.25, 0.3) is 0 Å². The van der Waals surface area contributed by atoms with Crippen molar-refractivity contribution in [1.82, 2.24) is 0 Å². The summed E-state index contributed by atoms with van der Waals surface area (Å²) >= 11 is 5.87. The zero-order chi connectivity index (χ0) is 12.0. The van der Waals surface area contributed by atoms with Gasteiger partial charge in [0.2, 0.25) is 0 Å². The molecule has 0 heterocycles. The first kappa shape index (κ1) is 12.7. The van der Waals surface area contributed by atoms with Crippen LogP contribution in [-0.2, 0) is 4.79 Å². The van der Waals surface area contributed by atoms with Gasteiger partial charge in [-0.1, -0.05) is 18.5 Å². The van der Waals surface area contributed by atoms with Gasteiger partial charge in [-0.15, -0.1) is 0 Å². The molecule has 1 aromatic rings. The molecule has 0 bridgehead atoms. The first-order valence-electron chi connectivity index (χ1n) is 5.06. The molecule has 0 unspecified atom stereocenters. The van der Waals surface area contributed by atoms with Gasteiger partial charge < -0.3 is 4.74 Å². The zero-order valence-electron chi connectivity index (χ0n) is 9.03. The maximum Gasteiger partial charge on any atom is 0.170 e. The van der Waals surface area contributed by atoms with Crippen molar-refractivity contribution < 1.29 is 14.3 Å². The van der Waals surface area contributed by atoms with Crippen LogP contribution in [-0.4, -0.2) is 18.7 Å². The van der Waals surface area contributed by atoms with Crippen molar-refractivity contribution in [3.05, 3.63) is 28.8 Å². The molecule has 1 rings (SSSR count). The van der Waals surface area contributed by atoms with Crippen molar-refractivity contribution in [1.29, 1.82) is 0 Å². The number of hydrogen-bond donors (Lipinski definition) is 0. The zero-order valence-corrected chi connectivity index (χ0v) is 9.79. The van der Waals surface area contributed by atoms with Crippen LogP contribution in [0.25, 0.3) is 0 Å². The molecule has 86 valence electrons. The lowest BCUT2D eigenvalue weighted by Crippen LogP contribution is -2.10. The van der Waals surface area contributed by atoms with E-state index in [-0.39, 0.29) is 12.4 Å². The van der Waals surface area contributed by atoms with E-state index in [4.69, 9.17) is 16.3 Å². The Bertz CT molecular complexity index is 388. The molecule has 4 heteroatoms. The Morgan fingerprint density at radius 2 is 2.25 bits per heavy atom. The third-order valence-electron chi connectivity index (χ3n) is 2.01. The van der Waals surface area contributed by atoms with Crippen LogP contribution in [0.15, 0.2) is 18.2 Å². The molecule has 0 N–H and O–H groups in total. The second-order valence-corrected chi connectivity index (χ2v) is 3.79. The number of benzene rings is 1. The molecule has 3 nitrogen and oxygen atoms in total. The van der Waals surface area contributed by atoms with Gasteiger partial charge >= 0.3 is 0 Å². The van der Waals surface area contributed by atoms with Crippen molar-refractivity contribution in [2.75, 3.05) is 6.61 Å². The van der Waals surface area contributed by atoms with E-state index in [0.29, 0.717) is 29.0 Å². The fraction of sp³-hybridized carbons (Fsp3) is 0.333. The van der Waals surface area contributed by atoms with Gasteiger partial charge in [-0.3, -0.25) is 9.59 Å². The first-order valence-corrected chi connectivity index (χ1v) is 5.44. The molecule has 0 saturated carbocycles. The summed E-state index contributed by atoms with van der Waals surface area (Å²) in [7, 11) is 0. The molecule has 0 aliphatic heterocycles. The Labute approximate surface area is 99.4 Å². The van der Waals surface area contributed by atoms with Crippen molar-refractivity contribution >= 4 is 23.7 Å². The van der Waals surface area contributed by atoms with Gasteiger partial charge in [0.05, 0.1) is 5.02 Å². The Hall–Kier alpha value is -1.35. The third kappa shape index (κ3) is 3.66. The summed E-state index contributed by atoms with van der Waals surface area (Å²) in [5.41, 5.74) is 0.484. The Morgan fingerprint density at radius 1 is 1.50 bits per heavy atom. The van der Waals surface area contributed by atoms with E-state index >= 15 is 0 Å². The number of carbonyl (C=O) groups excluding carboxylic acids is 2. The van der Waals surface area contributed by atoms with E-state index in [2.05, 4.69) is 0 Å². The van der Waals surface area contributed by atoms with Crippen LogP contribution < -0.4 is 4.74 Å². The number of ketones is 1. The fourth-order valence-electron chi connectivity index (χ4n) is 1.22. The van der Waals surface area contributed by atoms with Crippen LogP contribution in [0.5, 0.6) is 5.75 Å². The highest BCUT2D eigenvalue weighted by atomic mass is 35.5. The highest BCUT2D eigenvalue weighted by molar-refractivity contribution is 6.32. The van der Waals surface area contributed by atoms with Crippen molar-refractivity contribution in [3.8, 4) is 5.75 Å². The van der Waals surface area contributed by atoms with E-state index in [9.17, 15) is 9.59 Å². The molecule has 0 atom stereocenters. The largest absolute Gasteiger partial charge is 0.484 e. The average Bonchev–Trinajstić information content (AvgIpc) is 2.27. The van der Waals surface area contributed by atoms with Gasteiger partial charge in [0.1, 0.15) is 18.6 Å². The van der Waals surface area contributed by atoms with Crippen LogP contribution in [0, 0.1) is 0 Å². The predicted molar refractivity (Wildman–Crippen MR) is 62.2 cm³/mol. The number of hydrogen-bond acceptors (Lipinski definition) is 3. The Balaban J connectivity index is 2.60. The Morgan fingerprint density at radius 3 is 2.81 bits per heavy atom. The van der Waals surface area contributed by atoms with Crippen molar-refractivity contribution in [2.45, 2.75) is 19.8 Å². The van der Waals surface area contributed by atoms with Crippen LogP contribution in [0.1, 0.15) is 30.1 Å². The molecule has 0 fully saturated rings. The molecule has 1 aromatic carbocycles. The lowest BCUT2D eigenvalue weighted by molar-refractivity contribution is -0.121. The van der Waals surface area contributed by atoms with Crippen LogP contribution >= 0.6 is 11.6 Å². The summed E-state index contributed by atoms with van der Waals surface area (Å²) in [5, 5.41) is 0.342. The van der Waals surface area contributed by atoms with E-state index in [1.54, 1.807) is 12.1 Å². The van der Waals surface area contributed by atoms with Crippen LogP contribution in [0.2, 0.25) is 5.02 Å². The quantitative estimate of drug-likeness (QED) is 0.718. The second kappa shape index (κ2) is 6.28. The number of aldehydes is 1. The molecule has 0 aromatic heterocycles. The molecular weight excluding hydrogens is 228 g/mol. The minimum Gasteiger partial charge on any atom is -0.484 e. The van der Waals surface area contributed by atoms with Gasteiger partial charge in [-0.2, -0.15) is 0 Å². The van der Waals surface area contributed by atoms with Gasteiger partial charge in [-0.25, -0.2) is 0 Å². The Kier molecular flexibility index (Phi) is 4.99. The standard InChI is InChI=1S/C12H13ClO3/c1-2-3-10(15)8-16-12-5-4-9(7-14)6-11(12)13/h4-7H,2-3,8H2,1H3. The normalized spacial score (nSPS) is 9.88. The molecule has 0 aliphatic rings. The average molecular weight is 241 g/mol. The fourth-order valence-corrected chi connectivity index (χ4v) is 1.46. The number of halogens is 1. The highest BCUT2D eigenvalue weighted by Gasteiger charge is 2.05. The number of rotatable bonds is 6. The summed E-state index contributed by atoms with van der Waals surface area (Å²) in [4.78, 5) is 21.7. The van der Waals surface area contributed by atoms with Gasteiger partial charge in [-0.05, 0) is 24.6 Å². The van der Waals surface area contributed by atoms with Crippen LogP contribution in [0.3, 0.4) is 0 Å². The minimum atomic E-state index is 0.0218. The monoisotopic (exact) mass is 240 g/mol. The van der Waals surface area contributed by atoms with Crippen molar-refractivity contribution in [3.63, 3.8) is 0 Å². The summed E-state index contributed by atoms with van der Waals surface area (Å²) in [6, 6.07) is 4.69. The van der Waals surface area contributed by atoms with E-state index in [1.165, 1.54) is 6.07 Å². The lowest BCUT2D eigenvalue weighted by atomic mass is 10.2. The first-order chi connectivity index (χ1) is 7.67. The minimum absolute atomic E-state index is 0.0218. The summed E-state index contributed by atoms with van der Waals surface area (Å²) < 4.78 is 5.25. The molecular formula is C12H13ClO3. The molecule has 0 spiro atoms. The molecule has 0 aliphatic carbocycles. The maximum absolute atomic E-state index is 11.2. The van der Waals surface area contributed by atoms with E-state index < -0.39 is 0 Å². The number of ether oxygens (including phenoxy) is 1. The lowest BCUT2D eigenvalue weighted by Gasteiger charge is -2.07. The maximum atomic E-state index is 11.2. The molecule has 0 amide bonds. The molecule has 0 saturated heterocycles. The SMILES string of the molecule is CCCC(=O)COc1ccc(C=O)cc1Cl. The summed E-state index contributed by atoms with van der Waals surface area (Å²) in [5.74, 6) is 0.467. The summed E-state index contributed by atoms with van der Waals surface area (Å²) in [6.07, 6.45) is 2.02. The van der Waals surface area contributed by atoms with Gasteiger partial charge in [0, 0.05) is 12.0 Å². The smallest absolute Gasteiger partial charge is 0.170 e. The number of Topliss-reactive ketones (excluding diaryl/α,β-unsaturated/α-hetero) is 1. The van der Waals surface area contributed by atoms with Crippen LogP contribution in [0.4, 0.5) is 0 Å². The third-order valence-corrected chi connectivity index (χ3v) is 2.30. The number of carbonyl (C=O) groups is 2. The molecule has 0 radical (unpaired) electrons. The van der Waals surface area contributed by atoms with Gasteiger partial charge in [0.15, 0.2) is 5.78 Å².